The van der Waals surface area contributed by atoms with Crippen molar-refractivity contribution < 1.29 is 28.6 Å². The molecule has 0 aliphatic heterocycles. The molecule has 0 aromatic rings. The number of hydrogen-bond acceptors (Lipinski definition) is 6. The lowest BCUT2D eigenvalue weighted by molar-refractivity contribution is -0.167. The largest absolute Gasteiger partial charge is 0.462 e. The van der Waals surface area contributed by atoms with Crippen LogP contribution in [0.1, 0.15) is 323 Å². The van der Waals surface area contributed by atoms with E-state index in [2.05, 4.69) is 118 Å². The molecule has 0 amide bonds. The van der Waals surface area contributed by atoms with Gasteiger partial charge in [0.2, 0.25) is 0 Å². The second kappa shape index (κ2) is 65.8. The maximum Gasteiger partial charge on any atom is 0.306 e. The Balaban J connectivity index is 4.30. The van der Waals surface area contributed by atoms with Crippen LogP contribution in [0.3, 0.4) is 0 Å². The molecule has 6 heteroatoms. The SMILES string of the molecule is CC/C=C\C/C=C\C/C=C\C/C=C\C/C=C\C/C=C\C/C=C\C/C=C\CCCCCCCCC(=O)OCC(COC(=O)CCCCCCCCCCCCCCCC)OC(=O)CCCCCCCCCCCCCCCCC. The third kappa shape index (κ3) is 63.2. The first-order valence-electron chi connectivity index (χ1n) is 33.2. The van der Waals surface area contributed by atoms with Gasteiger partial charge in [0, 0.05) is 19.3 Å². The summed E-state index contributed by atoms with van der Waals surface area (Å²) in [5, 5.41) is 0. The van der Waals surface area contributed by atoms with Gasteiger partial charge in [0.25, 0.3) is 0 Å². The van der Waals surface area contributed by atoms with Crippen LogP contribution in [0.25, 0.3) is 0 Å². The third-order valence-electron chi connectivity index (χ3n) is 14.4. The molecule has 0 heterocycles. The molecular weight excluding hydrogens is 961 g/mol. The molecule has 0 N–H and O–H groups in total. The maximum absolute atomic E-state index is 12.9. The average Bonchev–Trinajstić information content (AvgIpc) is 3.44. The second-order valence-electron chi connectivity index (χ2n) is 22.0. The van der Waals surface area contributed by atoms with Crippen LogP contribution in [-0.4, -0.2) is 37.2 Å². The van der Waals surface area contributed by atoms with Crippen molar-refractivity contribution in [3.05, 3.63) is 97.2 Å². The summed E-state index contributed by atoms with van der Waals surface area (Å²) in [7, 11) is 0. The first-order valence-corrected chi connectivity index (χ1v) is 33.2. The van der Waals surface area contributed by atoms with Crippen LogP contribution < -0.4 is 0 Å². The van der Waals surface area contributed by atoms with Crippen LogP contribution >= 0.6 is 0 Å². The van der Waals surface area contributed by atoms with E-state index in [-0.39, 0.29) is 31.1 Å². The summed E-state index contributed by atoms with van der Waals surface area (Å²) < 4.78 is 16.9. The van der Waals surface area contributed by atoms with Gasteiger partial charge in [-0.05, 0) is 83.5 Å². The number of ether oxygens (including phenoxy) is 3. The number of hydrogen-bond donors (Lipinski definition) is 0. The van der Waals surface area contributed by atoms with Crippen LogP contribution in [0, 0.1) is 0 Å². The molecule has 0 spiro atoms. The average molecular weight is 1090 g/mol. The summed E-state index contributed by atoms with van der Waals surface area (Å²) in [6.45, 7) is 6.55. The van der Waals surface area contributed by atoms with E-state index >= 15 is 0 Å². The number of allylic oxidation sites excluding steroid dienone is 16. The summed E-state index contributed by atoms with van der Waals surface area (Å²) in [5.41, 5.74) is 0. The van der Waals surface area contributed by atoms with Crippen LogP contribution in [0.15, 0.2) is 97.2 Å². The molecule has 6 nitrogen and oxygen atoms in total. The summed E-state index contributed by atoms with van der Waals surface area (Å²) in [6, 6.07) is 0. The molecule has 0 radical (unpaired) electrons. The second-order valence-corrected chi connectivity index (χ2v) is 22.0. The molecule has 0 aromatic heterocycles. The summed E-state index contributed by atoms with van der Waals surface area (Å²) in [4.78, 5) is 38.3. The Kier molecular flexibility index (Phi) is 62.7. The zero-order valence-corrected chi connectivity index (χ0v) is 51.4. The Morgan fingerprint density at radius 3 is 0.782 bits per heavy atom. The molecule has 0 bridgehead atoms. The topological polar surface area (TPSA) is 78.9 Å². The first-order chi connectivity index (χ1) is 38.5. The van der Waals surface area contributed by atoms with Gasteiger partial charge in [-0.3, -0.25) is 14.4 Å². The Hall–Kier alpha value is -3.67. The molecule has 0 saturated carbocycles. The van der Waals surface area contributed by atoms with Gasteiger partial charge in [0.15, 0.2) is 6.10 Å². The Bertz CT molecular complexity index is 1530. The molecule has 0 aliphatic rings. The molecule has 0 aromatic carbocycles. The van der Waals surface area contributed by atoms with E-state index in [9.17, 15) is 14.4 Å². The normalized spacial score (nSPS) is 12.7. The number of carbonyl (C=O) groups is 3. The fraction of sp³-hybridized carbons (Fsp3) is 0.736. The van der Waals surface area contributed by atoms with Crippen LogP contribution in [0.4, 0.5) is 0 Å². The molecule has 0 rings (SSSR count). The van der Waals surface area contributed by atoms with Gasteiger partial charge in [-0.2, -0.15) is 0 Å². The Morgan fingerprint density at radius 2 is 0.500 bits per heavy atom. The highest BCUT2D eigenvalue weighted by atomic mass is 16.6. The van der Waals surface area contributed by atoms with E-state index in [0.29, 0.717) is 19.3 Å². The van der Waals surface area contributed by atoms with E-state index in [1.54, 1.807) is 0 Å². The van der Waals surface area contributed by atoms with E-state index in [1.807, 2.05) is 0 Å². The lowest BCUT2D eigenvalue weighted by Gasteiger charge is -2.18. The van der Waals surface area contributed by atoms with Gasteiger partial charge in [-0.1, -0.05) is 317 Å². The predicted octanol–water partition coefficient (Wildman–Crippen LogP) is 22.8. The lowest BCUT2D eigenvalue weighted by atomic mass is 10.0. The fourth-order valence-corrected chi connectivity index (χ4v) is 9.40. The minimum absolute atomic E-state index is 0.0771. The number of carbonyl (C=O) groups excluding carboxylic acids is 3. The minimum atomic E-state index is -0.781. The molecule has 0 aliphatic carbocycles. The first kappa shape index (κ1) is 74.3. The predicted molar refractivity (Wildman–Crippen MR) is 339 cm³/mol. The summed E-state index contributed by atoms with van der Waals surface area (Å²) in [5.74, 6) is -0.877. The van der Waals surface area contributed by atoms with Crippen molar-refractivity contribution in [3.8, 4) is 0 Å². The Labute approximate surface area is 483 Å². The van der Waals surface area contributed by atoms with Gasteiger partial charge in [-0.15, -0.1) is 0 Å². The molecule has 78 heavy (non-hydrogen) atoms. The van der Waals surface area contributed by atoms with Crippen LogP contribution in [0.5, 0.6) is 0 Å². The van der Waals surface area contributed by atoms with Crippen molar-refractivity contribution in [2.75, 3.05) is 13.2 Å². The molecule has 0 saturated heterocycles. The fourth-order valence-electron chi connectivity index (χ4n) is 9.40. The third-order valence-corrected chi connectivity index (χ3v) is 14.4. The molecule has 0 fully saturated rings. The van der Waals surface area contributed by atoms with Gasteiger partial charge in [0.1, 0.15) is 13.2 Å². The zero-order chi connectivity index (χ0) is 56.4. The van der Waals surface area contributed by atoms with Gasteiger partial charge in [0.05, 0.1) is 0 Å². The quantitative estimate of drug-likeness (QED) is 0.0261. The van der Waals surface area contributed by atoms with Gasteiger partial charge >= 0.3 is 17.9 Å². The van der Waals surface area contributed by atoms with E-state index in [4.69, 9.17) is 14.2 Å². The van der Waals surface area contributed by atoms with Crippen LogP contribution in [0.2, 0.25) is 0 Å². The van der Waals surface area contributed by atoms with E-state index in [0.717, 1.165) is 122 Å². The minimum Gasteiger partial charge on any atom is -0.462 e. The molecule has 448 valence electrons. The van der Waals surface area contributed by atoms with E-state index < -0.39 is 6.10 Å². The maximum atomic E-state index is 12.9. The van der Waals surface area contributed by atoms with Crippen molar-refractivity contribution in [1.29, 1.82) is 0 Å². The highest BCUT2D eigenvalue weighted by molar-refractivity contribution is 5.71. The van der Waals surface area contributed by atoms with Crippen molar-refractivity contribution >= 4 is 17.9 Å². The summed E-state index contributed by atoms with van der Waals surface area (Å²) in [6.07, 6.45) is 88.4. The highest BCUT2D eigenvalue weighted by Crippen LogP contribution is 2.17. The molecule has 1 unspecified atom stereocenters. The van der Waals surface area contributed by atoms with Crippen molar-refractivity contribution in [3.63, 3.8) is 0 Å². The monoisotopic (exact) mass is 1080 g/mol. The number of esters is 3. The molecular formula is C72H124O6. The highest BCUT2D eigenvalue weighted by Gasteiger charge is 2.19. The van der Waals surface area contributed by atoms with Crippen LogP contribution in [-0.2, 0) is 28.6 Å². The standard InChI is InChI=1S/C72H124O6/c1-4-7-10-13-16-19-22-25-28-29-30-31-32-33-34-35-36-37-38-39-40-41-42-43-45-47-50-53-56-59-62-65-71(74)77-68-69(67-76-70(73)64-61-58-55-52-49-46-27-24-21-18-15-12-9-6-3)78-72(75)66-63-60-57-54-51-48-44-26-23-20-17-14-11-8-5-2/h7,10,16,19,25,28,30-31,33-34,36-37,39-40,42-43,69H,4-6,8-9,11-15,17-18,20-24,26-27,29,32,35,38,41,44-68H2,1-3H3/b10-7-,19-16-,28-25-,31-30-,34-33-,37-36-,40-39-,43-42-. The lowest BCUT2D eigenvalue weighted by Crippen LogP contribution is -2.30. The van der Waals surface area contributed by atoms with Crippen molar-refractivity contribution in [1.82, 2.24) is 0 Å². The van der Waals surface area contributed by atoms with Gasteiger partial charge in [-0.25, -0.2) is 0 Å². The summed E-state index contributed by atoms with van der Waals surface area (Å²) >= 11 is 0. The van der Waals surface area contributed by atoms with Crippen molar-refractivity contribution in [2.45, 2.75) is 329 Å². The Morgan fingerprint density at radius 1 is 0.269 bits per heavy atom. The van der Waals surface area contributed by atoms with Gasteiger partial charge < -0.3 is 14.2 Å². The number of unbranched alkanes of at least 4 members (excludes halogenated alkanes) is 33. The van der Waals surface area contributed by atoms with E-state index in [1.165, 1.54) is 161 Å². The number of rotatable bonds is 60. The zero-order valence-electron chi connectivity index (χ0n) is 51.4. The smallest absolute Gasteiger partial charge is 0.306 e. The van der Waals surface area contributed by atoms with Crippen molar-refractivity contribution in [2.24, 2.45) is 0 Å². The molecule has 1 atom stereocenters.